The van der Waals surface area contributed by atoms with Gasteiger partial charge in [0.2, 0.25) is 0 Å². The first-order chi connectivity index (χ1) is 6.73. The summed E-state index contributed by atoms with van der Waals surface area (Å²) in [5, 5.41) is 3.52. The summed E-state index contributed by atoms with van der Waals surface area (Å²) in [6, 6.07) is 0. The van der Waals surface area contributed by atoms with Crippen LogP contribution in [0.15, 0.2) is 12.2 Å². The monoisotopic (exact) mass is 194 g/mol. The van der Waals surface area contributed by atoms with Crippen LogP contribution in [0.5, 0.6) is 0 Å². The maximum atomic E-state index is 3.52. The van der Waals surface area contributed by atoms with Crippen LogP contribution < -0.4 is 5.32 Å². The number of nitrogens with one attached hydrogen (secondary N) is 1. The molecule has 2 heterocycles. The van der Waals surface area contributed by atoms with Gasteiger partial charge in [0.25, 0.3) is 0 Å². The first-order valence-corrected chi connectivity index (χ1v) is 5.81. The van der Waals surface area contributed by atoms with Gasteiger partial charge >= 0.3 is 0 Å². The molecule has 1 unspecified atom stereocenters. The highest BCUT2D eigenvalue weighted by Gasteiger charge is 2.38. The summed E-state index contributed by atoms with van der Waals surface area (Å²) in [7, 11) is 0. The van der Waals surface area contributed by atoms with Crippen molar-refractivity contribution in [3.8, 4) is 0 Å². The van der Waals surface area contributed by atoms with Crippen LogP contribution >= 0.6 is 0 Å². The van der Waals surface area contributed by atoms with E-state index < -0.39 is 0 Å². The van der Waals surface area contributed by atoms with Crippen LogP contribution in [0.4, 0.5) is 0 Å². The topological polar surface area (TPSA) is 15.3 Å². The van der Waals surface area contributed by atoms with E-state index in [2.05, 4.69) is 36.2 Å². The third-order valence-electron chi connectivity index (χ3n) is 3.93. The quantitative estimate of drug-likeness (QED) is 0.685. The number of hydrogen-bond acceptors (Lipinski definition) is 2. The van der Waals surface area contributed by atoms with Crippen molar-refractivity contribution in [3.63, 3.8) is 0 Å². The zero-order chi connectivity index (χ0) is 10.0. The molecule has 14 heavy (non-hydrogen) atoms. The normalized spacial score (nSPS) is 33.4. The van der Waals surface area contributed by atoms with Crippen LogP contribution in [0.25, 0.3) is 0 Å². The highest BCUT2D eigenvalue weighted by Crippen LogP contribution is 2.35. The summed E-state index contributed by atoms with van der Waals surface area (Å²) in [4.78, 5) is 2.56. The Morgan fingerprint density at radius 3 is 2.57 bits per heavy atom. The molecule has 2 aliphatic rings. The van der Waals surface area contributed by atoms with Crippen LogP contribution in [0, 0.1) is 11.3 Å². The lowest BCUT2D eigenvalue weighted by molar-refractivity contribution is 0.139. The molecule has 0 aromatic heterocycles. The van der Waals surface area contributed by atoms with Crippen LogP contribution in [0.2, 0.25) is 0 Å². The zero-order valence-electron chi connectivity index (χ0n) is 9.42. The van der Waals surface area contributed by atoms with Gasteiger partial charge in [0, 0.05) is 26.2 Å². The lowest BCUT2D eigenvalue weighted by Gasteiger charge is -2.36. The fourth-order valence-electron chi connectivity index (χ4n) is 2.67. The average molecular weight is 194 g/mol. The molecule has 1 fully saturated rings. The van der Waals surface area contributed by atoms with E-state index in [-0.39, 0.29) is 0 Å². The van der Waals surface area contributed by atoms with Crippen molar-refractivity contribution in [1.82, 2.24) is 10.2 Å². The Hall–Kier alpha value is -0.340. The largest absolute Gasteiger partial charge is 0.316 e. The summed E-state index contributed by atoms with van der Waals surface area (Å²) in [5.41, 5.74) is 0.534. The van der Waals surface area contributed by atoms with Crippen molar-refractivity contribution in [2.75, 3.05) is 32.7 Å². The molecule has 0 aromatic rings. The van der Waals surface area contributed by atoms with Crippen molar-refractivity contribution in [3.05, 3.63) is 12.2 Å². The molecule has 1 N–H and O–H groups in total. The zero-order valence-corrected chi connectivity index (χ0v) is 9.42. The summed E-state index contributed by atoms with van der Waals surface area (Å²) in [5.74, 6) is 0.790. The Morgan fingerprint density at radius 2 is 2.07 bits per heavy atom. The van der Waals surface area contributed by atoms with Crippen molar-refractivity contribution in [1.29, 1.82) is 0 Å². The van der Waals surface area contributed by atoms with Gasteiger partial charge in [-0.3, -0.25) is 4.90 Å². The molecule has 0 radical (unpaired) electrons. The maximum absolute atomic E-state index is 3.52. The molecule has 80 valence electrons. The Labute approximate surface area is 87.4 Å². The summed E-state index contributed by atoms with van der Waals surface area (Å²) < 4.78 is 0. The fraction of sp³-hybridized carbons (Fsp3) is 0.833. The molecule has 2 heteroatoms. The van der Waals surface area contributed by atoms with Gasteiger partial charge in [-0.05, 0) is 24.3 Å². The summed E-state index contributed by atoms with van der Waals surface area (Å²) >= 11 is 0. The molecule has 2 rings (SSSR count). The molecule has 2 nitrogen and oxygen atoms in total. The smallest absolute Gasteiger partial charge is 0.0167 e. The van der Waals surface area contributed by atoms with E-state index in [1.54, 1.807) is 0 Å². The molecule has 1 atom stereocenters. The standard InChI is InChI=1S/C12H22N2/c1-11(2)12(5-6-13-9-12)10-14-7-3-4-8-14/h3-4,11,13H,5-10H2,1-2H3. The SMILES string of the molecule is CC(C)C1(CN2CC=CC2)CCNC1. The molecule has 0 saturated carbocycles. The van der Waals surface area contributed by atoms with Gasteiger partial charge in [-0.2, -0.15) is 0 Å². The van der Waals surface area contributed by atoms with Crippen molar-refractivity contribution in [2.24, 2.45) is 11.3 Å². The lowest BCUT2D eigenvalue weighted by Crippen LogP contribution is -2.41. The molecule has 0 spiro atoms. The van der Waals surface area contributed by atoms with Crippen LogP contribution in [-0.4, -0.2) is 37.6 Å². The second-order valence-electron chi connectivity index (χ2n) is 5.11. The first-order valence-electron chi connectivity index (χ1n) is 5.81. The second kappa shape index (κ2) is 4.03. The Bertz CT molecular complexity index is 206. The molecule has 1 saturated heterocycles. The van der Waals surface area contributed by atoms with E-state index in [9.17, 15) is 0 Å². The van der Waals surface area contributed by atoms with Gasteiger partial charge in [-0.15, -0.1) is 0 Å². The highest BCUT2D eigenvalue weighted by atomic mass is 15.1. The van der Waals surface area contributed by atoms with E-state index in [1.165, 1.54) is 26.1 Å². The molecule has 0 amide bonds. The summed E-state index contributed by atoms with van der Waals surface area (Å²) in [6.07, 6.45) is 5.92. The van der Waals surface area contributed by atoms with Gasteiger partial charge in [0.05, 0.1) is 0 Å². The molecule has 0 aromatic carbocycles. The van der Waals surface area contributed by atoms with Crippen molar-refractivity contribution in [2.45, 2.75) is 20.3 Å². The lowest BCUT2D eigenvalue weighted by atomic mass is 9.76. The minimum Gasteiger partial charge on any atom is -0.316 e. The van der Waals surface area contributed by atoms with Crippen molar-refractivity contribution >= 4 is 0 Å². The van der Waals surface area contributed by atoms with E-state index >= 15 is 0 Å². The Balaban J connectivity index is 1.96. The molecular weight excluding hydrogens is 172 g/mol. The van der Waals surface area contributed by atoms with E-state index in [0.717, 1.165) is 19.0 Å². The van der Waals surface area contributed by atoms with Crippen LogP contribution in [-0.2, 0) is 0 Å². The third kappa shape index (κ3) is 1.86. The number of rotatable bonds is 3. The van der Waals surface area contributed by atoms with Gasteiger partial charge in [-0.1, -0.05) is 26.0 Å². The predicted octanol–water partition coefficient (Wildman–Crippen LogP) is 1.49. The van der Waals surface area contributed by atoms with Crippen molar-refractivity contribution < 1.29 is 0 Å². The number of nitrogens with zero attached hydrogens (tertiary/aromatic N) is 1. The summed E-state index contributed by atoms with van der Waals surface area (Å²) in [6.45, 7) is 10.8. The van der Waals surface area contributed by atoms with E-state index in [4.69, 9.17) is 0 Å². The highest BCUT2D eigenvalue weighted by molar-refractivity contribution is 5.00. The third-order valence-corrected chi connectivity index (χ3v) is 3.93. The van der Waals surface area contributed by atoms with E-state index in [0.29, 0.717) is 5.41 Å². The minimum atomic E-state index is 0.534. The van der Waals surface area contributed by atoms with Gasteiger partial charge in [0.1, 0.15) is 0 Å². The molecular formula is C12H22N2. The fourth-order valence-corrected chi connectivity index (χ4v) is 2.67. The van der Waals surface area contributed by atoms with Crippen LogP contribution in [0.1, 0.15) is 20.3 Å². The van der Waals surface area contributed by atoms with Crippen LogP contribution in [0.3, 0.4) is 0 Å². The molecule has 0 aliphatic carbocycles. The predicted molar refractivity (Wildman–Crippen MR) is 60.3 cm³/mol. The second-order valence-corrected chi connectivity index (χ2v) is 5.11. The molecule has 0 bridgehead atoms. The van der Waals surface area contributed by atoms with Gasteiger partial charge < -0.3 is 5.32 Å². The van der Waals surface area contributed by atoms with E-state index in [1.807, 2.05) is 0 Å². The Morgan fingerprint density at radius 1 is 1.36 bits per heavy atom. The van der Waals surface area contributed by atoms with Gasteiger partial charge in [-0.25, -0.2) is 0 Å². The maximum Gasteiger partial charge on any atom is 0.0167 e. The minimum absolute atomic E-state index is 0.534. The average Bonchev–Trinajstić information content (AvgIpc) is 2.76. The first kappa shape index (κ1) is 10.2. The number of hydrogen-bond donors (Lipinski definition) is 1. The molecule has 2 aliphatic heterocycles. The Kier molecular flexibility index (Phi) is 2.93. The van der Waals surface area contributed by atoms with Gasteiger partial charge in [0.15, 0.2) is 0 Å².